The Morgan fingerprint density at radius 3 is 2.67 bits per heavy atom. The SMILES string of the molecule is O=C(CCc1cccc(F)c1)Nc1ccccc1-c1nc2ccccc2[nH]1. The number of imidazole rings is 1. The number of aromatic nitrogens is 2. The van der Waals surface area contributed by atoms with E-state index in [1.807, 2.05) is 54.6 Å². The van der Waals surface area contributed by atoms with E-state index in [-0.39, 0.29) is 18.1 Å². The Kier molecular flexibility index (Phi) is 4.66. The third-order valence-corrected chi connectivity index (χ3v) is 4.38. The number of nitrogens with zero attached hydrogens (tertiary/aromatic N) is 1. The molecule has 1 heterocycles. The number of hydrogen-bond acceptors (Lipinski definition) is 2. The van der Waals surface area contributed by atoms with E-state index >= 15 is 0 Å². The van der Waals surface area contributed by atoms with Gasteiger partial charge in [-0.3, -0.25) is 4.79 Å². The van der Waals surface area contributed by atoms with Gasteiger partial charge in [0, 0.05) is 12.0 Å². The van der Waals surface area contributed by atoms with Gasteiger partial charge in [-0.05, 0) is 48.4 Å². The lowest BCUT2D eigenvalue weighted by Crippen LogP contribution is -2.13. The van der Waals surface area contributed by atoms with Gasteiger partial charge >= 0.3 is 0 Å². The van der Waals surface area contributed by atoms with Crippen LogP contribution in [-0.2, 0) is 11.2 Å². The molecule has 0 unspecified atom stereocenters. The first-order valence-corrected chi connectivity index (χ1v) is 8.77. The van der Waals surface area contributed by atoms with Crippen LogP contribution in [0.3, 0.4) is 0 Å². The average molecular weight is 359 g/mol. The molecule has 0 aliphatic rings. The summed E-state index contributed by atoms with van der Waals surface area (Å²) in [5.74, 6) is 0.295. The van der Waals surface area contributed by atoms with Gasteiger partial charge in [0.1, 0.15) is 11.6 Å². The molecule has 134 valence electrons. The fraction of sp³-hybridized carbons (Fsp3) is 0.0909. The maximum absolute atomic E-state index is 13.3. The number of amides is 1. The molecule has 0 spiro atoms. The molecule has 0 atom stereocenters. The van der Waals surface area contributed by atoms with Crippen LogP contribution in [-0.4, -0.2) is 15.9 Å². The van der Waals surface area contributed by atoms with Crippen LogP contribution < -0.4 is 5.32 Å². The third-order valence-electron chi connectivity index (χ3n) is 4.38. The number of rotatable bonds is 5. The Balaban J connectivity index is 1.51. The summed E-state index contributed by atoms with van der Waals surface area (Å²) in [5, 5.41) is 2.95. The van der Waals surface area contributed by atoms with Crippen molar-refractivity contribution in [3.05, 3.63) is 84.2 Å². The van der Waals surface area contributed by atoms with Crippen molar-refractivity contribution in [2.75, 3.05) is 5.32 Å². The molecule has 4 rings (SSSR count). The Hall–Kier alpha value is -3.47. The Labute approximate surface area is 156 Å². The van der Waals surface area contributed by atoms with Crippen molar-refractivity contribution >= 4 is 22.6 Å². The lowest BCUT2D eigenvalue weighted by atomic mass is 10.1. The topological polar surface area (TPSA) is 57.8 Å². The highest BCUT2D eigenvalue weighted by Crippen LogP contribution is 2.27. The number of anilines is 1. The van der Waals surface area contributed by atoms with Crippen LogP contribution in [0.25, 0.3) is 22.4 Å². The molecule has 27 heavy (non-hydrogen) atoms. The zero-order valence-electron chi connectivity index (χ0n) is 14.6. The second kappa shape index (κ2) is 7.41. The first kappa shape index (κ1) is 17.0. The molecule has 0 saturated carbocycles. The van der Waals surface area contributed by atoms with Gasteiger partial charge in [-0.1, -0.05) is 36.4 Å². The molecular formula is C22H18FN3O. The summed E-state index contributed by atoms with van der Waals surface area (Å²) >= 11 is 0. The number of carbonyl (C=O) groups excluding carboxylic acids is 1. The zero-order chi connectivity index (χ0) is 18.6. The number of nitrogens with one attached hydrogen (secondary N) is 2. The lowest BCUT2D eigenvalue weighted by molar-refractivity contribution is -0.116. The van der Waals surface area contributed by atoms with Gasteiger partial charge in [0.2, 0.25) is 5.91 Å². The fourth-order valence-electron chi connectivity index (χ4n) is 3.04. The van der Waals surface area contributed by atoms with Crippen LogP contribution in [0.2, 0.25) is 0 Å². The molecule has 0 radical (unpaired) electrons. The van der Waals surface area contributed by atoms with Crippen molar-refractivity contribution in [1.29, 1.82) is 0 Å². The highest BCUT2D eigenvalue weighted by atomic mass is 19.1. The van der Waals surface area contributed by atoms with E-state index in [0.29, 0.717) is 17.9 Å². The minimum Gasteiger partial charge on any atom is -0.338 e. The van der Waals surface area contributed by atoms with Gasteiger partial charge in [0.05, 0.1) is 16.7 Å². The number of carbonyl (C=O) groups is 1. The van der Waals surface area contributed by atoms with Crippen molar-refractivity contribution in [3.8, 4) is 11.4 Å². The molecule has 0 aliphatic carbocycles. The van der Waals surface area contributed by atoms with E-state index in [2.05, 4.69) is 15.3 Å². The van der Waals surface area contributed by atoms with Gasteiger partial charge < -0.3 is 10.3 Å². The highest BCUT2D eigenvalue weighted by molar-refractivity contribution is 5.95. The first-order valence-electron chi connectivity index (χ1n) is 8.77. The van der Waals surface area contributed by atoms with E-state index in [1.54, 1.807) is 6.07 Å². The number of H-pyrrole nitrogens is 1. The van der Waals surface area contributed by atoms with E-state index in [1.165, 1.54) is 12.1 Å². The summed E-state index contributed by atoms with van der Waals surface area (Å²) in [6.07, 6.45) is 0.758. The molecule has 3 aromatic carbocycles. The second-order valence-corrected chi connectivity index (χ2v) is 6.33. The van der Waals surface area contributed by atoms with Crippen molar-refractivity contribution in [3.63, 3.8) is 0 Å². The van der Waals surface area contributed by atoms with Gasteiger partial charge in [-0.25, -0.2) is 9.37 Å². The minimum absolute atomic E-state index is 0.122. The van der Waals surface area contributed by atoms with E-state index in [4.69, 9.17) is 0 Å². The highest BCUT2D eigenvalue weighted by Gasteiger charge is 2.12. The smallest absolute Gasteiger partial charge is 0.224 e. The average Bonchev–Trinajstić information content (AvgIpc) is 3.11. The molecule has 4 nitrogen and oxygen atoms in total. The van der Waals surface area contributed by atoms with Gasteiger partial charge in [0.15, 0.2) is 0 Å². The van der Waals surface area contributed by atoms with Crippen LogP contribution in [0, 0.1) is 5.82 Å². The van der Waals surface area contributed by atoms with Crippen molar-refractivity contribution in [2.45, 2.75) is 12.8 Å². The predicted molar refractivity (Wildman–Crippen MR) is 105 cm³/mol. The van der Waals surface area contributed by atoms with E-state index < -0.39 is 0 Å². The fourth-order valence-corrected chi connectivity index (χ4v) is 3.04. The molecule has 1 aromatic heterocycles. The van der Waals surface area contributed by atoms with E-state index in [0.717, 1.165) is 22.2 Å². The first-order chi connectivity index (χ1) is 13.2. The van der Waals surface area contributed by atoms with Gasteiger partial charge in [0.25, 0.3) is 0 Å². The number of hydrogen-bond donors (Lipinski definition) is 2. The predicted octanol–water partition coefficient (Wildman–Crippen LogP) is 4.94. The van der Waals surface area contributed by atoms with Gasteiger partial charge in [-0.2, -0.15) is 0 Å². The number of para-hydroxylation sites is 3. The quantitative estimate of drug-likeness (QED) is 0.530. The number of aryl methyl sites for hydroxylation is 1. The largest absolute Gasteiger partial charge is 0.338 e. The zero-order valence-corrected chi connectivity index (χ0v) is 14.6. The molecule has 2 N–H and O–H groups in total. The van der Waals surface area contributed by atoms with Crippen molar-refractivity contribution in [1.82, 2.24) is 9.97 Å². The molecule has 0 bridgehead atoms. The maximum atomic E-state index is 13.3. The van der Waals surface area contributed by atoms with Crippen LogP contribution in [0.1, 0.15) is 12.0 Å². The van der Waals surface area contributed by atoms with Crippen molar-refractivity contribution < 1.29 is 9.18 Å². The molecular weight excluding hydrogens is 341 g/mol. The number of aromatic amines is 1. The number of benzene rings is 3. The summed E-state index contributed by atoms with van der Waals surface area (Å²) in [7, 11) is 0. The van der Waals surface area contributed by atoms with E-state index in [9.17, 15) is 9.18 Å². The van der Waals surface area contributed by atoms with Gasteiger partial charge in [-0.15, -0.1) is 0 Å². The standard InChI is InChI=1S/C22H18FN3O/c23-16-7-5-6-15(14-16)12-13-21(27)24-18-9-2-1-8-17(18)22-25-19-10-3-4-11-20(19)26-22/h1-11,14H,12-13H2,(H,24,27)(H,25,26). The maximum Gasteiger partial charge on any atom is 0.224 e. The molecule has 4 aromatic rings. The Morgan fingerprint density at radius 2 is 1.81 bits per heavy atom. The number of halogens is 1. The summed E-state index contributed by atoms with van der Waals surface area (Å²) in [5.41, 5.74) is 4.14. The molecule has 5 heteroatoms. The van der Waals surface area contributed by atoms with Crippen LogP contribution >= 0.6 is 0 Å². The Morgan fingerprint density at radius 1 is 1.00 bits per heavy atom. The molecule has 0 aliphatic heterocycles. The van der Waals surface area contributed by atoms with Crippen molar-refractivity contribution in [2.24, 2.45) is 0 Å². The van der Waals surface area contributed by atoms with Crippen LogP contribution in [0.4, 0.5) is 10.1 Å². The number of fused-ring (bicyclic) bond motifs is 1. The summed E-state index contributed by atoms with van der Waals surface area (Å²) in [6, 6.07) is 21.7. The summed E-state index contributed by atoms with van der Waals surface area (Å²) in [4.78, 5) is 20.3. The Bertz CT molecular complexity index is 1070. The molecule has 0 fully saturated rings. The monoisotopic (exact) mass is 359 g/mol. The normalized spacial score (nSPS) is 10.9. The minimum atomic E-state index is -0.289. The summed E-state index contributed by atoms with van der Waals surface area (Å²) in [6.45, 7) is 0. The lowest BCUT2D eigenvalue weighted by Gasteiger charge is -2.09. The molecule has 0 saturated heterocycles. The van der Waals surface area contributed by atoms with Crippen LogP contribution in [0.15, 0.2) is 72.8 Å². The third kappa shape index (κ3) is 3.87. The second-order valence-electron chi connectivity index (χ2n) is 6.33. The molecule has 1 amide bonds. The van der Waals surface area contributed by atoms with Crippen LogP contribution in [0.5, 0.6) is 0 Å². The summed E-state index contributed by atoms with van der Waals surface area (Å²) < 4.78 is 13.3.